The number of aliphatic hydroxyl groups is 1. The van der Waals surface area contributed by atoms with Gasteiger partial charge in [-0.1, -0.05) is 11.6 Å². The van der Waals surface area contributed by atoms with Crippen molar-refractivity contribution in [3.8, 4) is 11.5 Å². The van der Waals surface area contributed by atoms with Crippen LogP contribution in [0.3, 0.4) is 0 Å². The number of aliphatic hydroxyl groups excluding tert-OH is 1. The first-order chi connectivity index (χ1) is 6.06. The second-order valence-corrected chi connectivity index (χ2v) is 3.03. The summed E-state index contributed by atoms with van der Waals surface area (Å²) in [7, 11) is 0. The van der Waals surface area contributed by atoms with Crippen molar-refractivity contribution >= 4 is 11.6 Å². The van der Waals surface area contributed by atoms with Crippen molar-refractivity contribution in [3.63, 3.8) is 0 Å². The number of benzene rings is 1. The van der Waals surface area contributed by atoms with Crippen LogP contribution in [0.1, 0.15) is 11.7 Å². The van der Waals surface area contributed by atoms with Crippen molar-refractivity contribution in [2.45, 2.75) is 6.10 Å². The summed E-state index contributed by atoms with van der Waals surface area (Å²) in [5, 5.41) is 27.5. The molecular formula is C8H10ClNO3. The monoisotopic (exact) mass is 203 g/mol. The van der Waals surface area contributed by atoms with Crippen molar-refractivity contribution in [2.75, 3.05) is 6.54 Å². The van der Waals surface area contributed by atoms with Crippen LogP contribution in [0.15, 0.2) is 12.1 Å². The van der Waals surface area contributed by atoms with Crippen molar-refractivity contribution in [3.05, 3.63) is 22.7 Å². The number of phenolic OH excluding ortho intramolecular Hbond substituents is 2. The van der Waals surface area contributed by atoms with Gasteiger partial charge in [-0.15, -0.1) is 0 Å². The van der Waals surface area contributed by atoms with Gasteiger partial charge in [0.05, 0.1) is 11.1 Å². The van der Waals surface area contributed by atoms with E-state index in [0.29, 0.717) is 5.56 Å². The number of rotatable bonds is 2. The van der Waals surface area contributed by atoms with Crippen LogP contribution in [0.2, 0.25) is 5.02 Å². The van der Waals surface area contributed by atoms with E-state index >= 15 is 0 Å². The van der Waals surface area contributed by atoms with E-state index in [2.05, 4.69) is 0 Å². The largest absolute Gasteiger partial charge is 0.504 e. The maximum Gasteiger partial charge on any atom is 0.176 e. The lowest BCUT2D eigenvalue weighted by Crippen LogP contribution is -2.11. The molecule has 13 heavy (non-hydrogen) atoms. The molecule has 0 saturated heterocycles. The van der Waals surface area contributed by atoms with Gasteiger partial charge in [0.2, 0.25) is 0 Å². The van der Waals surface area contributed by atoms with Crippen LogP contribution in [0.5, 0.6) is 11.5 Å². The molecule has 1 rings (SSSR count). The molecule has 0 unspecified atom stereocenters. The molecule has 0 fully saturated rings. The van der Waals surface area contributed by atoms with E-state index in [1.54, 1.807) is 0 Å². The number of aromatic hydroxyl groups is 2. The zero-order valence-electron chi connectivity index (χ0n) is 6.74. The van der Waals surface area contributed by atoms with Gasteiger partial charge in [0.1, 0.15) is 0 Å². The highest BCUT2D eigenvalue weighted by atomic mass is 35.5. The van der Waals surface area contributed by atoms with Gasteiger partial charge in [-0.05, 0) is 17.7 Å². The van der Waals surface area contributed by atoms with Gasteiger partial charge in [-0.3, -0.25) is 0 Å². The van der Waals surface area contributed by atoms with Crippen molar-refractivity contribution in [2.24, 2.45) is 5.73 Å². The molecule has 5 heteroatoms. The summed E-state index contributed by atoms with van der Waals surface area (Å²) in [5.74, 6) is -0.760. The smallest absolute Gasteiger partial charge is 0.176 e. The number of halogens is 1. The second-order valence-electron chi connectivity index (χ2n) is 2.62. The summed E-state index contributed by atoms with van der Waals surface area (Å²) in [5.41, 5.74) is 5.58. The predicted molar refractivity (Wildman–Crippen MR) is 48.8 cm³/mol. The van der Waals surface area contributed by atoms with Gasteiger partial charge in [0.25, 0.3) is 0 Å². The molecule has 4 nitrogen and oxygen atoms in total. The van der Waals surface area contributed by atoms with E-state index in [1.165, 1.54) is 12.1 Å². The minimum Gasteiger partial charge on any atom is -0.504 e. The Morgan fingerprint density at radius 2 is 2.00 bits per heavy atom. The van der Waals surface area contributed by atoms with Crippen molar-refractivity contribution in [1.82, 2.24) is 0 Å². The molecule has 72 valence electrons. The molecule has 1 atom stereocenters. The van der Waals surface area contributed by atoms with Gasteiger partial charge >= 0.3 is 0 Å². The molecule has 0 aliphatic heterocycles. The fourth-order valence-corrected chi connectivity index (χ4v) is 1.16. The summed E-state index contributed by atoms with van der Waals surface area (Å²) in [4.78, 5) is 0. The predicted octanol–water partition coefficient (Wildman–Crippen LogP) is 0.743. The zero-order valence-corrected chi connectivity index (χ0v) is 7.49. The Labute approximate surface area is 80.2 Å². The molecule has 0 bridgehead atoms. The molecule has 0 aliphatic rings. The minimum atomic E-state index is -0.885. The molecule has 0 spiro atoms. The highest BCUT2D eigenvalue weighted by molar-refractivity contribution is 6.32. The quantitative estimate of drug-likeness (QED) is 0.534. The summed E-state index contributed by atoms with van der Waals surface area (Å²) in [6.45, 7) is 0.0283. The molecule has 1 aromatic rings. The SMILES string of the molecule is NC[C@H](O)c1cc(O)c(O)c(Cl)c1. The van der Waals surface area contributed by atoms with Crippen LogP contribution in [0.25, 0.3) is 0 Å². The van der Waals surface area contributed by atoms with E-state index in [0.717, 1.165) is 0 Å². The van der Waals surface area contributed by atoms with E-state index in [4.69, 9.17) is 27.5 Å². The summed E-state index contributed by atoms with van der Waals surface area (Å²) in [6, 6.07) is 2.58. The lowest BCUT2D eigenvalue weighted by Gasteiger charge is -2.09. The maximum absolute atomic E-state index is 9.29. The van der Waals surface area contributed by atoms with Crippen LogP contribution in [0.4, 0.5) is 0 Å². The number of hydrogen-bond donors (Lipinski definition) is 4. The first-order valence-corrected chi connectivity index (χ1v) is 4.03. The third-order valence-electron chi connectivity index (χ3n) is 1.67. The molecule has 0 saturated carbocycles. The molecule has 0 heterocycles. The highest BCUT2D eigenvalue weighted by Crippen LogP contribution is 2.35. The topological polar surface area (TPSA) is 86.7 Å². The van der Waals surface area contributed by atoms with Gasteiger partial charge in [0.15, 0.2) is 11.5 Å². The average Bonchev–Trinajstić information content (AvgIpc) is 2.12. The van der Waals surface area contributed by atoms with Crippen molar-refractivity contribution < 1.29 is 15.3 Å². The summed E-state index contributed by atoms with van der Waals surface area (Å²) >= 11 is 5.56. The third kappa shape index (κ3) is 2.03. The molecule has 0 radical (unpaired) electrons. The standard InChI is InChI=1S/C8H10ClNO3/c9-5-1-4(7(12)3-10)2-6(11)8(5)13/h1-2,7,11-13H,3,10H2/t7-/m0/s1. The van der Waals surface area contributed by atoms with Gasteiger partial charge < -0.3 is 21.1 Å². The Hall–Kier alpha value is -0.970. The fraction of sp³-hybridized carbons (Fsp3) is 0.250. The summed E-state index contributed by atoms with van der Waals surface area (Å²) in [6.07, 6.45) is -0.885. The molecule has 1 aromatic carbocycles. The highest BCUT2D eigenvalue weighted by Gasteiger charge is 2.11. The molecular weight excluding hydrogens is 194 g/mol. The molecule has 0 aliphatic carbocycles. The number of phenols is 2. The molecule has 5 N–H and O–H groups in total. The number of nitrogens with two attached hydrogens (primary N) is 1. The Balaban J connectivity index is 3.13. The van der Waals surface area contributed by atoms with Gasteiger partial charge in [-0.25, -0.2) is 0 Å². The fourth-order valence-electron chi connectivity index (χ4n) is 0.933. The van der Waals surface area contributed by atoms with Crippen LogP contribution in [-0.4, -0.2) is 21.9 Å². The van der Waals surface area contributed by atoms with Crippen LogP contribution < -0.4 is 5.73 Å². The normalized spacial score (nSPS) is 12.8. The zero-order chi connectivity index (χ0) is 10.0. The van der Waals surface area contributed by atoms with Crippen LogP contribution >= 0.6 is 11.6 Å². The second kappa shape index (κ2) is 3.83. The average molecular weight is 204 g/mol. The Bertz CT molecular complexity index is 293. The van der Waals surface area contributed by atoms with Crippen LogP contribution in [0, 0.1) is 0 Å². The lowest BCUT2D eigenvalue weighted by molar-refractivity contribution is 0.186. The van der Waals surface area contributed by atoms with E-state index < -0.39 is 11.9 Å². The molecule has 0 amide bonds. The first kappa shape index (κ1) is 10.1. The minimum absolute atomic E-state index is 0.0116. The van der Waals surface area contributed by atoms with Crippen LogP contribution in [-0.2, 0) is 0 Å². The first-order valence-electron chi connectivity index (χ1n) is 3.65. The van der Waals surface area contributed by atoms with Gasteiger partial charge in [0, 0.05) is 6.54 Å². The maximum atomic E-state index is 9.29. The third-order valence-corrected chi connectivity index (χ3v) is 1.96. The summed E-state index contributed by atoms with van der Waals surface area (Å²) < 4.78 is 0. The van der Waals surface area contributed by atoms with Crippen molar-refractivity contribution in [1.29, 1.82) is 0 Å². The Kier molecular flexibility index (Phi) is 2.98. The Morgan fingerprint density at radius 1 is 1.38 bits per heavy atom. The lowest BCUT2D eigenvalue weighted by atomic mass is 10.1. The van der Waals surface area contributed by atoms with E-state index in [-0.39, 0.29) is 17.3 Å². The Morgan fingerprint density at radius 3 is 2.46 bits per heavy atom. The van der Waals surface area contributed by atoms with E-state index in [1.807, 2.05) is 0 Å². The van der Waals surface area contributed by atoms with Gasteiger partial charge in [-0.2, -0.15) is 0 Å². The van der Waals surface area contributed by atoms with E-state index in [9.17, 15) is 5.11 Å². The number of hydrogen-bond acceptors (Lipinski definition) is 4. The molecule has 0 aromatic heterocycles.